The summed E-state index contributed by atoms with van der Waals surface area (Å²) in [7, 11) is 0. The molecule has 2 unspecified atom stereocenters. The molecule has 2 aromatic rings. The Kier molecular flexibility index (Phi) is 12.1. The first-order valence-electron chi connectivity index (χ1n) is 15.9. The zero-order chi connectivity index (χ0) is 30.8. The van der Waals surface area contributed by atoms with Crippen molar-refractivity contribution < 1.29 is 31.4 Å². The molecule has 2 aliphatic carbocycles. The van der Waals surface area contributed by atoms with Crippen molar-refractivity contribution in [2.75, 3.05) is 6.61 Å². The van der Waals surface area contributed by atoms with Crippen molar-refractivity contribution >= 4 is 0 Å². The number of allylic oxidation sites excluding steroid dienone is 3. The van der Waals surface area contributed by atoms with E-state index in [1.807, 2.05) is 6.08 Å². The first-order valence-corrected chi connectivity index (χ1v) is 15.9. The van der Waals surface area contributed by atoms with Crippen molar-refractivity contribution in [2.45, 2.75) is 96.5 Å². The van der Waals surface area contributed by atoms with Gasteiger partial charge in [0.1, 0.15) is 11.5 Å². The van der Waals surface area contributed by atoms with Gasteiger partial charge in [0.15, 0.2) is 17.5 Å². The maximum atomic E-state index is 14.5. The number of benzene rings is 2. The summed E-state index contributed by atoms with van der Waals surface area (Å²) >= 11 is 0. The molecule has 2 aromatic carbocycles. The minimum Gasteiger partial charge on any atom is -0.494 e. The van der Waals surface area contributed by atoms with Gasteiger partial charge in [0.25, 0.3) is 0 Å². The van der Waals surface area contributed by atoms with E-state index in [-0.39, 0.29) is 0 Å². The molecule has 0 aromatic heterocycles. The van der Waals surface area contributed by atoms with Crippen molar-refractivity contribution in [3.8, 4) is 11.5 Å². The van der Waals surface area contributed by atoms with Crippen LogP contribution < -0.4 is 9.47 Å². The molecule has 1 saturated carbocycles. The lowest BCUT2D eigenvalue weighted by molar-refractivity contribution is -0.185. The number of ether oxygens (including phenoxy) is 2. The van der Waals surface area contributed by atoms with Gasteiger partial charge < -0.3 is 9.47 Å². The highest BCUT2D eigenvalue weighted by atomic mass is 19.3. The average Bonchev–Trinajstić information content (AvgIpc) is 3.00. The number of hydrogen-bond donors (Lipinski definition) is 0. The Hall–Kier alpha value is -2.83. The van der Waals surface area contributed by atoms with Gasteiger partial charge in [0.05, 0.1) is 12.2 Å². The van der Waals surface area contributed by atoms with Gasteiger partial charge in [-0.3, -0.25) is 0 Å². The van der Waals surface area contributed by atoms with Gasteiger partial charge in [0.2, 0.25) is 0 Å². The van der Waals surface area contributed by atoms with Crippen LogP contribution in [0.3, 0.4) is 0 Å². The molecule has 43 heavy (non-hydrogen) atoms. The third kappa shape index (κ3) is 9.84. The van der Waals surface area contributed by atoms with Crippen LogP contribution in [-0.2, 0) is 6.11 Å². The molecule has 4 rings (SSSR count). The van der Waals surface area contributed by atoms with E-state index in [2.05, 4.69) is 24.3 Å². The van der Waals surface area contributed by atoms with Gasteiger partial charge in [-0.05, 0) is 106 Å². The van der Waals surface area contributed by atoms with Gasteiger partial charge in [-0.2, -0.15) is 8.78 Å². The highest BCUT2D eigenvalue weighted by Crippen LogP contribution is 2.41. The van der Waals surface area contributed by atoms with Crippen LogP contribution in [-0.4, -0.2) is 6.61 Å². The van der Waals surface area contributed by atoms with Crippen LogP contribution in [0.5, 0.6) is 11.5 Å². The molecule has 2 aliphatic rings. The van der Waals surface area contributed by atoms with E-state index in [0.717, 1.165) is 49.1 Å². The predicted molar refractivity (Wildman–Crippen MR) is 161 cm³/mol. The Labute approximate surface area is 253 Å². The van der Waals surface area contributed by atoms with Gasteiger partial charge in [-0.1, -0.05) is 49.8 Å². The van der Waals surface area contributed by atoms with E-state index in [4.69, 9.17) is 4.74 Å². The molecule has 0 bridgehead atoms. The summed E-state index contributed by atoms with van der Waals surface area (Å²) in [4.78, 5) is 0. The monoisotopic (exact) mass is 604 g/mol. The van der Waals surface area contributed by atoms with Crippen molar-refractivity contribution in [2.24, 2.45) is 23.7 Å². The first kappa shape index (κ1) is 33.1. The molecule has 236 valence electrons. The van der Waals surface area contributed by atoms with Crippen molar-refractivity contribution in [1.29, 1.82) is 0 Å². The predicted octanol–water partition coefficient (Wildman–Crippen LogP) is 11.3. The first-order chi connectivity index (χ1) is 20.6. The van der Waals surface area contributed by atoms with E-state index in [9.17, 15) is 22.0 Å². The summed E-state index contributed by atoms with van der Waals surface area (Å²) in [5, 5.41) is 0. The number of hydrogen-bond acceptors (Lipinski definition) is 2. The Bertz CT molecular complexity index is 1180. The molecular formula is C36H45F5O2. The minimum atomic E-state index is -3.88. The fourth-order valence-corrected chi connectivity index (χ4v) is 6.66. The Morgan fingerprint density at radius 1 is 0.884 bits per heavy atom. The molecule has 0 amide bonds. The fourth-order valence-electron chi connectivity index (χ4n) is 6.66. The molecule has 2 nitrogen and oxygen atoms in total. The Morgan fingerprint density at radius 3 is 2.19 bits per heavy atom. The van der Waals surface area contributed by atoms with E-state index in [1.54, 1.807) is 5.57 Å². The smallest absolute Gasteiger partial charge is 0.426 e. The summed E-state index contributed by atoms with van der Waals surface area (Å²) in [5.41, 5.74) is 1.05. The molecule has 0 heterocycles. The zero-order valence-corrected chi connectivity index (χ0v) is 25.2. The summed E-state index contributed by atoms with van der Waals surface area (Å²) < 4.78 is 78.9. The lowest BCUT2D eigenvalue weighted by Crippen LogP contribution is -2.23. The number of halogens is 5. The van der Waals surface area contributed by atoms with Gasteiger partial charge in [-0.15, -0.1) is 6.58 Å². The van der Waals surface area contributed by atoms with Crippen LogP contribution in [0, 0.1) is 41.1 Å². The van der Waals surface area contributed by atoms with Crippen molar-refractivity contribution in [3.05, 3.63) is 83.7 Å². The number of rotatable bonds is 15. The van der Waals surface area contributed by atoms with E-state index < -0.39 is 34.9 Å². The fraction of sp³-hybridized carbons (Fsp3) is 0.556. The van der Waals surface area contributed by atoms with E-state index in [0.29, 0.717) is 30.4 Å². The van der Waals surface area contributed by atoms with Gasteiger partial charge in [0, 0.05) is 12.1 Å². The third-order valence-corrected chi connectivity index (χ3v) is 9.39. The molecule has 0 N–H and O–H groups in total. The minimum absolute atomic E-state index is 0.377. The Balaban J connectivity index is 1.09. The van der Waals surface area contributed by atoms with Crippen molar-refractivity contribution in [3.63, 3.8) is 0 Å². The lowest BCUT2D eigenvalue weighted by Gasteiger charge is -2.35. The second kappa shape index (κ2) is 15.8. The molecule has 1 fully saturated rings. The van der Waals surface area contributed by atoms with E-state index >= 15 is 0 Å². The Morgan fingerprint density at radius 2 is 1.56 bits per heavy atom. The van der Waals surface area contributed by atoms with Gasteiger partial charge >= 0.3 is 6.11 Å². The molecule has 0 radical (unpaired) electrons. The zero-order valence-electron chi connectivity index (χ0n) is 25.2. The lowest BCUT2D eigenvalue weighted by atomic mass is 9.71. The topological polar surface area (TPSA) is 18.5 Å². The highest BCUT2D eigenvalue weighted by molar-refractivity contribution is 5.31. The van der Waals surface area contributed by atoms with Crippen LogP contribution in [0.25, 0.3) is 0 Å². The van der Waals surface area contributed by atoms with Crippen LogP contribution >= 0.6 is 0 Å². The molecule has 0 spiro atoms. The molecular weight excluding hydrogens is 559 g/mol. The maximum Gasteiger partial charge on any atom is 0.426 e. The summed E-state index contributed by atoms with van der Waals surface area (Å²) in [6, 6.07) is 5.79. The number of alkyl halides is 2. The van der Waals surface area contributed by atoms with Crippen LogP contribution in [0.15, 0.2) is 60.7 Å². The van der Waals surface area contributed by atoms with Crippen molar-refractivity contribution in [1.82, 2.24) is 0 Å². The van der Waals surface area contributed by atoms with Crippen LogP contribution in [0.4, 0.5) is 22.0 Å². The van der Waals surface area contributed by atoms with Crippen LogP contribution in [0.2, 0.25) is 0 Å². The normalized spacial score (nSPS) is 21.6. The molecule has 0 aliphatic heterocycles. The summed E-state index contributed by atoms with van der Waals surface area (Å²) in [6.07, 6.45) is 16.9. The molecule has 0 saturated heterocycles. The molecule has 7 heteroatoms. The second-order valence-electron chi connectivity index (χ2n) is 12.5. The molecule has 2 atom stereocenters. The quantitative estimate of drug-likeness (QED) is 0.0871. The highest BCUT2D eigenvalue weighted by Gasteiger charge is 2.35. The van der Waals surface area contributed by atoms with Gasteiger partial charge in [-0.25, -0.2) is 13.2 Å². The van der Waals surface area contributed by atoms with Crippen LogP contribution in [0.1, 0.15) is 96.0 Å². The average molecular weight is 605 g/mol. The SMILES string of the molecule is C=CC(CCCCC1CCC(C2CC=C(C)CC2)CC1)CCCOc1ccc(C(F)(F)Oc2cc(F)c(F)c(F)c2)cc1. The van der Waals surface area contributed by atoms with E-state index in [1.165, 1.54) is 76.3 Å². The summed E-state index contributed by atoms with van der Waals surface area (Å²) in [6.45, 7) is 6.73. The third-order valence-electron chi connectivity index (χ3n) is 9.39. The number of unbranched alkanes of at least 4 members (excludes halogenated alkanes) is 1. The summed E-state index contributed by atoms with van der Waals surface area (Å²) in [5.74, 6) is -2.17. The largest absolute Gasteiger partial charge is 0.494 e. The second-order valence-corrected chi connectivity index (χ2v) is 12.5. The maximum absolute atomic E-state index is 14.5. The standard InChI is InChI=1S/C36H45F5O2/c1-3-26(7-4-5-8-27-12-16-29(17-13-27)28-14-10-25(2)11-15-28)9-6-22-42-31-20-18-30(19-21-31)36(40,41)43-32-23-33(37)35(39)34(38)24-32/h3,10,18-21,23-24,26-29H,1,4-9,11-17,22H2,2H3.